The predicted molar refractivity (Wildman–Crippen MR) is 166 cm³/mol. The lowest BCUT2D eigenvalue weighted by Crippen LogP contribution is -2.49. The van der Waals surface area contributed by atoms with Crippen LogP contribution in [0, 0.1) is 0 Å². The van der Waals surface area contributed by atoms with Crippen LogP contribution >= 0.6 is 11.8 Å². The lowest BCUT2D eigenvalue weighted by molar-refractivity contribution is -0.139. The van der Waals surface area contributed by atoms with E-state index in [0.717, 1.165) is 61.8 Å². The van der Waals surface area contributed by atoms with E-state index in [1.165, 1.54) is 17.8 Å². The average molecular weight is 651 g/mol. The van der Waals surface area contributed by atoms with Crippen molar-refractivity contribution in [1.29, 1.82) is 0 Å². The molecule has 6 rings (SSSR count). The molecule has 1 atom stereocenters. The number of aromatic nitrogens is 2. The first kappa shape index (κ1) is 32.2. The zero-order valence-electron chi connectivity index (χ0n) is 25.1. The molecule has 45 heavy (non-hydrogen) atoms. The van der Waals surface area contributed by atoms with Crippen molar-refractivity contribution in [2.24, 2.45) is 0 Å². The second kappa shape index (κ2) is 13.6. The van der Waals surface area contributed by atoms with Crippen molar-refractivity contribution in [2.75, 3.05) is 69.6 Å². The van der Waals surface area contributed by atoms with Gasteiger partial charge in [-0.05, 0) is 24.3 Å². The number of benzene rings is 2. The Kier molecular flexibility index (Phi) is 9.72. The molecule has 1 unspecified atom stereocenters. The minimum Gasteiger partial charge on any atom is -0.390 e. The summed E-state index contributed by atoms with van der Waals surface area (Å²) in [5, 5.41) is 19.3. The van der Waals surface area contributed by atoms with E-state index in [-0.39, 0.29) is 36.7 Å². The number of nitrogens with one attached hydrogen (secondary N) is 1. The van der Waals surface area contributed by atoms with Crippen LogP contribution in [0.2, 0.25) is 0 Å². The Morgan fingerprint density at radius 1 is 0.978 bits per heavy atom. The third-order valence-corrected chi connectivity index (χ3v) is 9.86. The molecule has 3 aromatic rings. The summed E-state index contributed by atoms with van der Waals surface area (Å²) in [7, 11) is 0. The zero-order valence-corrected chi connectivity index (χ0v) is 25.9. The number of alkyl halides is 5. The third-order valence-electron chi connectivity index (χ3n) is 8.83. The van der Waals surface area contributed by atoms with Gasteiger partial charge in [-0.1, -0.05) is 24.3 Å². The fourth-order valence-electron chi connectivity index (χ4n) is 6.49. The highest BCUT2D eigenvalue weighted by Gasteiger charge is 2.38. The van der Waals surface area contributed by atoms with Gasteiger partial charge < -0.3 is 15.3 Å². The van der Waals surface area contributed by atoms with E-state index in [1.54, 1.807) is 4.90 Å². The number of hydrogen-bond acceptors (Lipinski definition) is 7. The Morgan fingerprint density at radius 3 is 2.47 bits per heavy atom. The molecule has 244 valence electrons. The number of aliphatic hydroxyl groups excluding tert-OH is 1. The number of piperazine rings is 1. The first-order valence-electron chi connectivity index (χ1n) is 15.5. The molecule has 0 radical (unpaired) electrons. The van der Waals surface area contributed by atoms with Crippen LogP contribution in [0.3, 0.4) is 0 Å². The lowest BCUT2D eigenvalue weighted by atomic mass is 10.0. The van der Waals surface area contributed by atoms with Crippen molar-refractivity contribution in [2.45, 2.75) is 49.0 Å². The average Bonchev–Trinajstić information content (AvgIpc) is 3.56. The fourth-order valence-corrected chi connectivity index (χ4v) is 7.61. The normalized spacial score (nSPS) is 20.0. The van der Waals surface area contributed by atoms with Gasteiger partial charge in [0.25, 0.3) is 5.92 Å². The maximum Gasteiger partial charge on any atom is 0.417 e. The molecule has 0 amide bonds. The van der Waals surface area contributed by atoms with Crippen LogP contribution in [0.25, 0.3) is 11.3 Å². The highest BCUT2D eigenvalue weighted by molar-refractivity contribution is 7.99. The number of aliphatic hydroxyl groups is 1. The monoisotopic (exact) mass is 650 g/mol. The highest BCUT2D eigenvalue weighted by atomic mass is 32.2. The quantitative estimate of drug-likeness (QED) is 0.241. The van der Waals surface area contributed by atoms with Crippen molar-refractivity contribution in [3.63, 3.8) is 0 Å². The van der Waals surface area contributed by atoms with Gasteiger partial charge in [0.1, 0.15) is 0 Å². The largest absolute Gasteiger partial charge is 0.417 e. The van der Waals surface area contributed by atoms with E-state index in [2.05, 4.69) is 27.2 Å². The number of thioether (sulfide) groups is 1. The van der Waals surface area contributed by atoms with E-state index < -0.39 is 23.8 Å². The molecule has 2 saturated heterocycles. The molecule has 3 aliphatic rings. The predicted octanol–water partition coefficient (Wildman–Crippen LogP) is 4.83. The van der Waals surface area contributed by atoms with Crippen molar-refractivity contribution in [3.05, 3.63) is 65.4 Å². The van der Waals surface area contributed by atoms with E-state index >= 15 is 0 Å². The van der Waals surface area contributed by atoms with E-state index in [1.807, 2.05) is 22.9 Å². The van der Waals surface area contributed by atoms with Gasteiger partial charge in [-0.3, -0.25) is 14.5 Å². The maximum absolute atomic E-state index is 13.9. The van der Waals surface area contributed by atoms with E-state index in [0.29, 0.717) is 37.3 Å². The summed E-state index contributed by atoms with van der Waals surface area (Å²) in [5.41, 5.74) is 3.56. The molecule has 2 aromatic carbocycles. The van der Waals surface area contributed by atoms with Crippen LogP contribution < -0.4 is 10.2 Å². The third kappa shape index (κ3) is 7.82. The summed E-state index contributed by atoms with van der Waals surface area (Å²) in [5.74, 6) is -2.47. The van der Waals surface area contributed by atoms with Crippen LogP contribution in [0.15, 0.2) is 53.4 Å². The lowest BCUT2D eigenvalue weighted by Gasteiger charge is -2.37. The Labute approximate surface area is 264 Å². The number of halogens is 5. The number of hydrogen-bond donors (Lipinski definition) is 2. The standard InChI is InChI=1S/C32H39F5N6OS/c33-31(34)9-11-41(22-31)16-17-45-29-18-23(6-7-27(29)32(35,36)37)30-26-19-38-10-8-28(26)43(39-30)21-25(44)20-40-12-14-42(15-13-40)24-4-2-1-3-5-24/h1-7,18,25,38,44H,8-17,19-22H2. The zero-order chi connectivity index (χ0) is 31.6. The van der Waals surface area contributed by atoms with Crippen molar-refractivity contribution in [1.82, 2.24) is 24.9 Å². The second-order valence-corrected chi connectivity index (χ2v) is 13.2. The van der Waals surface area contributed by atoms with Gasteiger partial charge in [0.15, 0.2) is 0 Å². The fraction of sp³-hybridized carbons (Fsp3) is 0.531. The molecule has 0 aliphatic carbocycles. The molecular formula is C32H39F5N6OS. The number of β-amino-alcohol motifs (C(OH)–C–C–N with tert-alkyl or cyclic N) is 1. The number of fused-ring (bicyclic) bond motifs is 1. The van der Waals surface area contributed by atoms with Gasteiger partial charge in [-0.15, -0.1) is 11.8 Å². The Balaban J connectivity index is 1.15. The second-order valence-electron chi connectivity index (χ2n) is 12.1. The van der Waals surface area contributed by atoms with Crippen molar-refractivity contribution >= 4 is 17.4 Å². The van der Waals surface area contributed by atoms with Crippen LogP contribution in [0.5, 0.6) is 0 Å². The van der Waals surface area contributed by atoms with E-state index in [4.69, 9.17) is 5.10 Å². The van der Waals surface area contributed by atoms with Crippen LogP contribution in [-0.4, -0.2) is 101 Å². The van der Waals surface area contributed by atoms with Gasteiger partial charge in [0.05, 0.1) is 30.5 Å². The minimum atomic E-state index is -4.54. The first-order chi connectivity index (χ1) is 21.6. The van der Waals surface area contributed by atoms with Gasteiger partial charge in [0, 0.05) is 105 Å². The van der Waals surface area contributed by atoms with Gasteiger partial charge in [0.2, 0.25) is 0 Å². The molecule has 0 bridgehead atoms. The molecular weight excluding hydrogens is 611 g/mol. The molecule has 3 aliphatic heterocycles. The van der Waals surface area contributed by atoms with Crippen LogP contribution in [-0.2, 0) is 25.7 Å². The maximum atomic E-state index is 13.9. The number of para-hydroxylation sites is 1. The van der Waals surface area contributed by atoms with Gasteiger partial charge in [-0.2, -0.15) is 18.3 Å². The summed E-state index contributed by atoms with van der Waals surface area (Å²) in [4.78, 5) is 6.26. The Bertz CT molecular complexity index is 1440. The smallest absolute Gasteiger partial charge is 0.390 e. The molecule has 7 nitrogen and oxygen atoms in total. The minimum absolute atomic E-state index is 0.0627. The van der Waals surface area contributed by atoms with Gasteiger partial charge in [-0.25, -0.2) is 8.78 Å². The summed E-state index contributed by atoms with van der Waals surface area (Å²) < 4.78 is 70.8. The summed E-state index contributed by atoms with van der Waals surface area (Å²) in [6.45, 7) is 5.69. The molecule has 13 heteroatoms. The Hall–Kier alpha value is -2.71. The van der Waals surface area contributed by atoms with Gasteiger partial charge >= 0.3 is 6.18 Å². The van der Waals surface area contributed by atoms with Crippen LogP contribution in [0.4, 0.5) is 27.6 Å². The van der Waals surface area contributed by atoms with Crippen molar-refractivity contribution < 1.29 is 27.1 Å². The summed E-state index contributed by atoms with van der Waals surface area (Å²) in [6, 6.07) is 14.4. The van der Waals surface area contributed by atoms with E-state index in [9.17, 15) is 27.1 Å². The highest BCUT2D eigenvalue weighted by Crippen LogP contribution is 2.40. The number of rotatable bonds is 10. The number of nitrogens with zero attached hydrogens (tertiary/aromatic N) is 5. The molecule has 2 fully saturated rings. The Morgan fingerprint density at radius 2 is 1.76 bits per heavy atom. The van der Waals surface area contributed by atoms with Crippen LogP contribution in [0.1, 0.15) is 23.2 Å². The number of likely N-dealkylation sites (tertiary alicyclic amines) is 1. The summed E-state index contributed by atoms with van der Waals surface area (Å²) in [6.07, 6.45) is -4.72. The number of anilines is 1. The molecule has 4 heterocycles. The topological polar surface area (TPSA) is 59.8 Å². The molecule has 2 N–H and O–H groups in total. The first-order valence-corrected chi connectivity index (χ1v) is 16.5. The van der Waals surface area contributed by atoms with Crippen molar-refractivity contribution in [3.8, 4) is 11.3 Å². The molecule has 0 spiro atoms. The SMILES string of the molecule is OC(CN1CCN(c2ccccc2)CC1)Cn1nc(-c2ccc(C(F)(F)F)c(SCCN3CCC(F)(F)C3)c2)c2c1CCNC2. The molecule has 0 saturated carbocycles. The summed E-state index contributed by atoms with van der Waals surface area (Å²) >= 11 is 1.04. The molecule has 1 aromatic heterocycles.